The third-order valence-electron chi connectivity index (χ3n) is 4.84. The Hall–Kier alpha value is -2.24. The fourth-order valence-corrected chi connectivity index (χ4v) is 3.90. The van der Waals surface area contributed by atoms with Gasteiger partial charge in [0.05, 0.1) is 11.6 Å². The third-order valence-corrected chi connectivity index (χ3v) is 5.37. The van der Waals surface area contributed by atoms with Crippen LogP contribution in [0.25, 0.3) is 0 Å². The van der Waals surface area contributed by atoms with Crippen molar-refractivity contribution in [3.05, 3.63) is 57.6 Å². The average molecular weight is 435 g/mol. The van der Waals surface area contributed by atoms with Crippen LogP contribution in [0.2, 0.25) is 10.0 Å². The van der Waals surface area contributed by atoms with Gasteiger partial charge in [0.15, 0.2) is 0 Å². The van der Waals surface area contributed by atoms with Crippen LogP contribution in [0.5, 0.6) is 5.75 Å². The van der Waals surface area contributed by atoms with E-state index in [2.05, 4.69) is 12.2 Å². The molecule has 0 saturated carbocycles. The summed E-state index contributed by atoms with van der Waals surface area (Å²) in [5.41, 5.74) is 2.81. The third kappa shape index (κ3) is 5.03. The number of hydrogen-bond acceptors (Lipinski definition) is 3. The molecule has 0 fully saturated rings. The Morgan fingerprint density at radius 2 is 2.00 bits per heavy atom. The summed E-state index contributed by atoms with van der Waals surface area (Å²) in [5.74, 6) is 0.115. The minimum atomic E-state index is -0.664. The number of fused-ring (bicyclic) bond motifs is 1. The minimum Gasteiger partial charge on any atom is -0.490 e. The van der Waals surface area contributed by atoms with E-state index < -0.39 is 6.04 Å². The number of halogens is 2. The van der Waals surface area contributed by atoms with E-state index in [-0.39, 0.29) is 18.4 Å². The number of unbranched alkanes of at least 4 members (excludes halogenated alkanes) is 1. The number of carbonyl (C=O) groups excluding carboxylic acids is 2. The van der Waals surface area contributed by atoms with Crippen LogP contribution >= 0.6 is 23.2 Å². The Kier molecular flexibility index (Phi) is 7.04. The molecule has 0 radical (unpaired) electrons. The van der Waals surface area contributed by atoms with Gasteiger partial charge in [0.25, 0.3) is 5.91 Å². The molecule has 2 aromatic rings. The molecule has 0 spiro atoms. The van der Waals surface area contributed by atoms with Gasteiger partial charge in [-0.1, -0.05) is 48.7 Å². The van der Waals surface area contributed by atoms with Crippen molar-refractivity contribution in [2.24, 2.45) is 0 Å². The molecule has 1 aliphatic rings. The maximum absolute atomic E-state index is 13.0. The van der Waals surface area contributed by atoms with Crippen LogP contribution in [0.1, 0.15) is 43.9 Å². The first-order chi connectivity index (χ1) is 13.9. The zero-order valence-corrected chi connectivity index (χ0v) is 18.0. The zero-order valence-electron chi connectivity index (χ0n) is 16.5. The summed E-state index contributed by atoms with van der Waals surface area (Å²) in [4.78, 5) is 26.3. The number of nitrogens with one attached hydrogen (secondary N) is 1. The summed E-state index contributed by atoms with van der Waals surface area (Å²) in [6, 6.07) is 10.4. The topological polar surface area (TPSA) is 58.6 Å². The molecule has 0 aliphatic carbocycles. The van der Waals surface area contributed by atoms with E-state index in [4.69, 9.17) is 27.9 Å². The van der Waals surface area contributed by atoms with Crippen molar-refractivity contribution < 1.29 is 14.3 Å². The van der Waals surface area contributed by atoms with Gasteiger partial charge in [-0.2, -0.15) is 0 Å². The molecule has 3 rings (SSSR count). The summed E-state index contributed by atoms with van der Waals surface area (Å²) in [6.45, 7) is 4.17. The molecular weight excluding hydrogens is 411 g/mol. The molecule has 5 nitrogen and oxygen atoms in total. The maximum atomic E-state index is 13.0. The van der Waals surface area contributed by atoms with Crippen LogP contribution in [0.3, 0.4) is 0 Å². The number of aryl methyl sites for hydroxylation is 1. The second-order valence-corrected chi connectivity index (χ2v) is 7.89. The first-order valence-electron chi connectivity index (χ1n) is 9.70. The Morgan fingerprint density at radius 3 is 2.69 bits per heavy atom. The smallest absolute Gasteiger partial charge is 0.254 e. The lowest BCUT2D eigenvalue weighted by Gasteiger charge is -2.19. The number of carbonyl (C=O) groups is 2. The second kappa shape index (κ2) is 9.51. The van der Waals surface area contributed by atoms with Gasteiger partial charge in [0.1, 0.15) is 18.4 Å². The molecule has 0 saturated heterocycles. The van der Waals surface area contributed by atoms with Gasteiger partial charge in [-0.15, -0.1) is 0 Å². The predicted octanol–water partition coefficient (Wildman–Crippen LogP) is 4.94. The van der Waals surface area contributed by atoms with Crippen LogP contribution in [0.4, 0.5) is 5.69 Å². The van der Waals surface area contributed by atoms with E-state index in [9.17, 15) is 9.59 Å². The van der Waals surface area contributed by atoms with Crippen molar-refractivity contribution in [3.63, 3.8) is 0 Å². The van der Waals surface area contributed by atoms with Gasteiger partial charge in [-0.25, -0.2) is 0 Å². The van der Waals surface area contributed by atoms with Crippen molar-refractivity contribution >= 4 is 40.7 Å². The van der Waals surface area contributed by atoms with Crippen molar-refractivity contribution in [1.82, 2.24) is 5.32 Å². The lowest BCUT2D eigenvalue weighted by molar-refractivity contribution is -0.126. The summed E-state index contributed by atoms with van der Waals surface area (Å²) < 4.78 is 5.74. The number of amides is 2. The first-order valence-corrected chi connectivity index (χ1v) is 10.5. The molecular formula is C22H24Cl2N2O3. The lowest BCUT2D eigenvalue weighted by Crippen LogP contribution is -2.38. The Balaban J connectivity index is 1.76. The fourth-order valence-electron chi connectivity index (χ4n) is 3.44. The largest absolute Gasteiger partial charge is 0.490 e. The van der Waals surface area contributed by atoms with E-state index in [1.807, 2.05) is 18.2 Å². The highest BCUT2D eigenvalue weighted by Gasteiger charge is 2.37. The monoisotopic (exact) mass is 434 g/mol. The maximum Gasteiger partial charge on any atom is 0.254 e. The quantitative estimate of drug-likeness (QED) is 0.639. The number of ether oxygens (including phenoxy) is 1. The normalized spacial score (nSPS) is 15.4. The summed E-state index contributed by atoms with van der Waals surface area (Å²) in [6.07, 6.45) is 3.13. The highest BCUT2D eigenvalue weighted by molar-refractivity contribution is 6.35. The van der Waals surface area contributed by atoms with Gasteiger partial charge in [0.2, 0.25) is 5.91 Å². The van der Waals surface area contributed by atoms with Crippen LogP contribution in [-0.4, -0.2) is 25.0 Å². The Morgan fingerprint density at radius 1 is 1.21 bits per heavy atom. The van der Waals surface area contributed by atoms with Crippen molar-refractivity contribution in [2.75, 3.05) is 18.1 Å². The van der Waals surface area contributed by atoms with Crippen LogP contribution in [0.15, 0.2) is 36.4 Å². The summed E-state index contributed by atoms with van der Waals surface area (Å²) in [7, 11) is 0. The van der Waals surface area contributed by atoms with E-state index >= 15 is 0 Å². The molecule has 2 amide bonds. The molecule has 0 aromatic heterocycles. The predicted molar refractivity (Wildman–Crippen MR) is 116 cm³/mol. The highest BCUT2D eigenvalue weighted by Crippen LogP contribution is 2.37. The van der Waals surface area contributed by atoms with Gasteiger partial charge >= 0.3 is 0 Å². The molecule has 0 bridgehead atoms. The van der Waals surface area contributed by atoms with Gasteiger partial charge in [-0.3, -0.25) is 9.59 Å². The molecule has 1 heterocycles. The number of nitrogens with zero attached hydrogens (tertiary/aromatic N) is 1. The lowest BCUT2D eigenvalue weighted by atomic mass is 10.0. The van der Waals surface area contributed by atoms with Crippen molar-refractivity contribution in [3.8, 4) is 5.75 Å². The van der Waals surface area contributed by atoms with E-state index in [0.29, 0.717) is 22.3 Å². The highest BCUT2D eigenvalue weighted by atomic mass is 35.5. The Bertz CT molecular complexity index is 917. The molecule has 7 heteroatoms. The summed E-state index contributed by atoms with van der Waals surface area (Å²) in [5, 5.41) is 3.73. The molecule has 1 aliphatic heterocycles. The van der Waals surface area contributed by atoms with Gasteiger partial charge < -0.3 is 15.0 Å². The zero-order chi connectivity index (χ0) is 21.0. The number of benzene rings is 2. The molecule has 2 aromatic carbocycles. The SMILES string of the molecule is CCCCc1ccc2c(c1)C(NC(C)=O)C(=O)N2CCOc1ccc(Cl)cc1Cl. The number of rotatable bonds is 8. The van der Waals surface area contributed by atoms with Crippen molar-refractivity contribution in [1.29, 1.82) is 0 Å². The van der Waals surface area contributed by atoms with E-state index in [0.717, 1.165) is 30.5 Å². The molecule has 29 heavy (non-hydrogen) atoms. The summed E-state index contributed by atoms with van der Waals surface area (Å²) >= 11 is 12.0. The van der Waals surface area contributed by atoms with E-state index in [1.165, 1.54) is 12.5 Å². The van der Waals surface area contributed by atoms with E-state index in [1.54, 1.807) is 23.1 Å². The van der Waals surface area contributed by atoms with Crippen molar-refractivity contribution in [2.45, 2.75) is 39.2 Å². The molecule has 154 valence electrons. The average Bonchev–Trinajstić information content (AvgIpc) is 2.93. The van der Waals surface area contributed by atoms with Crippen LogP contribution in [0, 0.1) is 0 Å². The van der Waals surface area contributed by atoms with Crippen LogP contribution < -0.4 is 15.0 Å². The molecule has 1 atom stereocenters. The number of hydrogen-bond donors (Lipinski definition) is 1. The number of anilines is 1. The first kappa shape index (κ1) is 21.5. The minimum absolute atomic E-state index is 0.159. The Labute approximate surface area is 180 Å². The van der Waals surface area contributed by atoms with Crippen LogP contribution in [-0.2, 0) is 16.0 Å². The standard InChI is InChI=1S/C22H24Cl2N2O3/c1-3-4-5-15-6-8-19-17(12-15)21(25-14(2)27)22(28)26(19)10-11-29-20-9-7-16(23)13-18(20)24/h6-9,12-13,21H,3-5,10-11H2,1-2H3,(H,25,27). The van der Waals surface area contributed by atoms with Gasteiger partial charge in [0, 0.05) is 23.2 Å². The van der Waals surface area contributed by atoms with Gasteiger partial charge in [-0.05, 0) is 42.7 Å². The second-order valence-electron chi connectivity index (χ2n) is 7.04. The molecule has 1 N–H and O–H groups in total. The fraction of sp³-hybridized carbons (Fsp3) is 0.364. The molecule has 1 unspecified atom stereocenters.